The van der Waals surface area contributed by atoms with E-state index in [2.05, 4.69) is 17.1 Å². The Morgan fingerprint density at radius 2 is 1.74 bits per heavy atom. The van der Waals surface area contributed by atoms with Crippen LogP contribution in [0.5, 0.6) is 0 Å². The van der Waals surface area contributed by atoms with Crippen molar-refractivity contribution in [3.05, 3.63) is 0 Å². The average Bonchev–Trinajstić information content (AvgIpc) is 2.23. The number of nitrogens with zero attached hydrogens (tertiary/aromatic N) is 1. The summed E-state index contributed by atoms with van der Waals surface area (Å²) in [6.07, 6.45) is 4.29. The molecule has 4 nitrogen and oxygen atoms in total. The minimum atomic E-state index is -0.408. The number of carbonyl (C=O) groups is 1. The van der Waals surface area contributed by atoms with Gasteiger partial charge >= 0.3 is 6.09 Å². The predicted octanol–water partition coefficient (Wildman–Crippen LogP) is 2.77. The first-order valence-electron chi connectivity index (χ1n) is 7.57. The van der Waals surface area contributed by atoms with Gasteiger partial charge in [0, 0.05) is 25.2 Å². The SMILES string of the molecule is CC1CN(C2CCC(NC(=O)OC(C)(C)C)CC2)C1. The molecule has 1 aliphatic heterocycles. The zero-order valence-corrected chi connectivity index (χ0v) is 12.7. The quantitative estimate of drug-likeness (QED) is 0.837. The molecular formula is C15H28N2O2. The number of carbonyl (C=O) groups excluding carboxylic acids is 1. The van der Waals surface area contributed by atoms with E-state index in [0.29, 0.717) is 6.04 Å². The maximum atomic E-state index is 11.7. The molecule has 0 unspecified atom stereocenters. The third-order valence-corrected chi connectivity index (χ3v) is 4.03. The van der Waals surface area contributed by atoms with Crippen LogP contribution in [0.3, 0.4) is 0 Å². The van der Waals surface area contributed by atoms with E-state index in [1.165, 1.54) is 25.9 Å². The van der Waals surface area contributed by atoms with E-state index in [1.807, 2.05) is 20.8 Å². The van der Waals surface area contributed by atoms with Crippen LogP contribution in [-0.2, 0) is 4.74 Å². The molecule has 1 heterocycles. The molecule has 2 rings (SSSR count). The van der Waals surface area contributed by atoms with Gasteiger partial charge in [-0.1, -0.05) is 6.92 Å². The molecule has 0 bridgehead atoms. The van der Waals surface area contributed by atoms with Crippen LogP contribution in [0.15, 0.2) is 0 Å². The van der Waals surface area contributed by atoms with Gasteiger partial charge < -0.3 is 10.1 Å². The molecule has 0 spiro atoms. The standard InChI is InChI=1S/C15H28N2O2/c1-11-9-17(10-11)13-7-5-12(6-8-13)16-14(18)19-15(2,3)4/h11-13H,5-10H2,1-4H3,(H,16,18). The summed E-state index contributed by atoms with van der Waals surface area (Å²) >= 11 is 0. The van der Waals surface area contributed by atoms with Crippen molar-refractivity contribution in [3.63, 3.8) is 0 Å². The van der Waals surface area contributed by atoms with Gasteiger partial charge in [-0.15, -0.1) is 0 Å². The number of alkyl carbamates (subject to hydrolysis) is 1. The number of hydrogen-bond donors (Lipinski definition) is 1. The molecule has 1 saturated heterocycles. The Kier molecular flexibility index (Phi) is 4.39. The van der Waals surface area contributed by atoms with Crippen molar-refractivity contribution in [2.24, 2.45) is 5.92 Å². The van der Waals surface area contributed by atoms with Crippen molar-refractivity contribution in [2.75, 3.05) is 13.1 Å². The van der Waals surface area contributed by atoms with Crippen LogP contribution in [0, 0.1) is 5.92 Å². The first-order valence-corrected chi connectivity index (χ1v) is 7.57. The van der Waals surface area contributed by atoms with Crippen molar-refractivity contribution in [3.8, 4) is 0 Å². The molecule has 19 heavy (non-hydrogen) atoms. The first-order chi connectivity index (χ1) is 8.83. The van der Waals surface area contributed by atoms with Crippen LogP contribution in [0.1, 0.15) is 53.4 Å². The zero-order valence-electron chi connectivity index (χ0n) is 12.7. The van der Waals surface area contributed by atoms with Crippen LogP contribution >= 0.6 is 0 Å². The Balaban J connectivity index is 1.67. The molecule has 0 aromatic heterocycles. The third kappa shape index (κ3) is 4.37. The summed E-state index contributed by atoms with van der Waals surface area (Å²) in [5.41, 5.74) is -0.408. The smallest absolute Gasteiger partial charge is 0.407 e. The van der Waals surface area contributed by atoms with Gasteiger partial charge in [0.15, 0.2) is 0 Å². The Morgan fingerprint density at radius 1 is 1.16 bits per heavy atom. The van der Waals surface area contributed by atoms with E-state index >= 15 is 0 Å². The van der Waals surface area contributed by atoms with E-state index in [4.69, 9.17) is 4.74 Å². The number of likely N-dealkylation sites (tertiary alicyclic amines) is 1. The summed E-state index contributed by atoms with van der Waals surface area (Å²) in [5.74, 6) is 0.873. The van der Waals surface area contributed by atoms with Gasteiger partial charge in [0.2, 0.25) is 0 Å². The highest BCUT2D eigenvalue weighted by atomic mass is 16.6. The highest BCUT2D eigenvalue weighted by molar-refractivity contribution is 5.68. The second-order valence-corrected chi connectivity index (χ2v) is 7.21. The molecule has 0 aromatic carbocycles. The molecule has 0 atom stereocenters. The fourth-order valence-corrected chi connectivity index (χ4v) is 3.10. The van der Waals surface area contributed by atoms with Gasteiger partial charge in [-0.05, 0) is 52.4 Å². The van der Waals surface area contributed by atoms with Crippen molar-refractivity contribution in [1.82, 2.24) is 10.2 Å². The van der Waals surface area contributed by atoms with Crippen molar-refractivity contribution < 1.29 is 9.53 Å². The number of rotatable bonds is 2. The fourth-order valence-electron chi connectivity index (χ4n) is 3.10. The average molecular weight is 268 g/mol. The fraction of sp³-hybridized carbons (Fsp3) is 0.933. The van der Waals surface area contributed by atoms with E-state index in [1.54, 1.807) is 0 Å². The highest BCUT2D eigenvalue weighted by Gasteiger charge is 2.32. The summed E-state index contributed by atoms with van der Waals surface area (Å²) in [6, 6.07) is 1.04. The van der Waals surface area contributed by atoms with E-state index < -0.39 is 5.60 Å². The molecule has 1 aliphatic carbocycles. The lowest BCUT2D eigenvalue weighted by atomic mass is 9.87. The molecule has 1 N–H and O–H groups in total. The summed E-state index contributed by atoms with van der Waals surface area (Å²) in [7, 11) is 0. The van der Waals surface area contributed by atoms with Crippen LogP contribution < -0.4 is 5.32 Å². The largest absolute Gasteiger partial charge is 0.444 e. The van der Waals surface area contributed by atoms with Crippen molar-refractivity contribution in [1.29, 1.82) is 0 Å². The Labute approximate surface area is 116 Å². The van der Waals surface area contributed by atoms with Gasteiger partial charge in [0.1, 0.15) is 5.60 Å². The second-order valence-electron chi connectivity index (χ2n) is 7.21. The molecule has 1 amide bonds. The van der Waals surface area contributed by atoms with Crippen LogP contribution in [0.4, 0.5) is 4.79 Å². The van der Waals surface area contributed by atoms with Gasteiger partial charge in [-0.3, -0.25) is 4.90 Å². The van der Waals surface area contributed by atoms with Crippen LogP contribution in [0.2, 0.25) is 0 Å². The van der Waals surface area contributed by atoms with Crippen LogP contribution in [-0.4, -0.2) is 41.8 Å². The van der Waals surface area contributed by atoms with E-state index in [-0.39, 0.29) is 6.09 Å². The Hall–Kier alpha value is -0.770. The Bertz CT molecular complexity index is 311. The molecule has 2 fully saturated rings. The molecule has 4 heteroatoms. The van der Waals surface area contributed by atoms with Crippen molar-refractivity contribution in [2.45, 2.75) is 71.1 Å². The molecule has 0 aromatic rings. The number of hydrogen-bond acceptors (Lipinski definition) is 3. The minimum absolute atomic E-state index is 0.270. The summed E-state index contributed by atoms with van der Waals surface area (Å²) in [4.78, 5) is 14.3. The Morgan fingerprint density at radius 3 is 2.21 bits per heavy atom. The lowest BCUT2D eigenvalue weighted by Gasteiger charge is -2.45. The van der Waals surface area contributed by atoms with Crippen LogP contribution in [0.25, 0.3) is 0 Å². The van der Waals surface area contributed by atoms with E-state index in [0.717, 1.165) is 24.8 Å². The minimum Gasteiger partial charge on any atom is -0.444 e. The van der Waals surface area contributed by atoms with Gasteiger partial charge in [0.25, 0.3) is 0 Å². The van der Waals surface area contributed by atoms with Gasteiger partial charge in [-0.2, -0.15) is 0 Å². The zero-order chi connectivity index (χ0) is 14.0. The lowest BCUT2D eigenvalue weighted by Crippen LogP contribution is -2.53. The molecular weight excluding hydrogens is 240 g/mol. The maximum Gasteiger partial charge on any atom is 0.407 e. The normalized spacial score (nSPS) is 29.7. The summed E-state index contributed by atoms with van der Waals surface area (Å²) < 4.78 is 5.30. The molecule has 0 radical (unpaired) electrons. The van der Waals surface area contributed by atoms with Gasteiger partial charge in [-0.25, -0.2) is 4.79 Å². The number of amides is 1. The predicted molar refractivity (Wildman–Crippen MR) is 76.2 cm³/mol. The topological polar surface area (TPSA) is 41.6 Å². The molecule has 2 aliphatic rings. The molecule has 1 saturated carbocycles. The third-order valence-electron chi connectivity index (χ3n) is 4.03. The number of ether oxygens (including phenoxy) is 1. The summed E-state index contributed by atoms with van der Waals surface area (Å²) in [5, 5.41) is 3.00. The lowest BCUT2D eigenvalue weighted by molar-refractivity contribution is 0.0323. The number of nitrogens with one attached hydrogen (secondary N) is 1. The monoisotopic (exact) mass is 268 g/mol. The van der Waals surface area contributed by atoms with Crippen molar-refractivity contribution >= 4 is 6.09 Å². The highest BCUT2D eigenvalue weighted by Crippen LogP contribution is 2.28. The van der Waals surface area contributed by atoms with Gasteiger partial charge in [0.05, 0.1) is 0 Å². The molecule has 110 valence electrons. The van der Waals surface area contributed by atoms with E-state index in [9.17, 15) is 4.79 Å². The maximum absolute atomic E-state index is 11.7. The second kappa shape index (κ2) is 5.70. The summed E-state index contributed by atoms with van der Waals surface area (Å²) in [6.45, 7) is 10.5. The first kappa shape index (κ1) is 14.6.